The van der Waals surface area contributed by atoms with Gasteiger partial charge in [-0.1, -0.05) is 73.5 Å². The van der Waals surface area contributed by atoms with E-state index in [9.17, 15) is 14.4 Å². The molecule has 2 aliphatic heterocycles. The lowest BCUT2D eigenvalue weighted by atomic mass is 9.95. The van der Waals surface area contributed by atoms with Gasteiger partial charge in [0.2, 0.25) is 0 Å². The van der Waals surface area contributed by atoms with E-state index in [0.717, 1.165) is 25.8 Å². The molecule has 1 atom stereocenters. The second kappa shape index (κ2) is 11.7. The number of hydrogen-bond acceptors (Lipinski definition) is 7. The summed E-state index contributed by atoms with van der Waals surface area (Å²) in [5, 5.41) is 0. The number of carbonyl (C=O) groups excluding carboxylic acids is 2. The van der Waals surface area contributed by atoms with E-state index in [0.29, 0.717) is 45.2 Å². The van der Waals surface area contributed by atoms with Crippen molar-refractivity contribution in [3.8, 4) is 5.75 Å². The van der Waals surface area contributed by atoms with E-state index in [1.807, 2.05) is 60.7 Å². The SMILES string of the molecule is CCOC(=O)C1=C(C)N=c2s/c(=C3/C(=O)N(Cc4ccccc4)c4ccc(Br)cc43)c(=O)n2[C@H]1c1cc(Br)ccc1OC. The molecule has 11 heteroatoms. The number of thiazole rings is 1. The number of benzene rings is 3. The summed E-state index contributed by atoms with van der Waals surface area (Å²) in [7, 11) is 1.53. The summed E-state index contributed by atoms with van der Waals surface area (Å²) in [5.74, 6) is -0.364. The fourth-order valence-corrected chi connectivity index (χ4v) is 7.38. The lowest BCUT2D eigenvalue weighted by Crippen LogP contribution is -2.41. The lowest BCUT2D eigenvalue weighted by Gasteiger charge is -2.26. The molecule has 1 amide bonds. The van der Waals surface area contributed by atoms with Crippen LogP contribution < -0.4 is 24.5 Å². The van der Waals surface area contributed by atoms with Crippen LogP contribution in [-0.4, -0.2) is 30.2 Å². The summed E-state index contributed by atoms with van der Waals surface area (Å²) in [6.45, 7) is 3.95. The number of nitrogens with zero attached hydrogens (tertiary/aromatic N) is 3. The average molecular weight is 723 g/mol. The van der Waals surface area contributed by atoms with E-state index >= 15 is 0 Å². The fourth-order valence-electron chi connectivity index (χ4n) is 5.50. The molecule has 0 radical (unpaired) electrons. The van der Waals surface area contributed by atoms with Gasteiger partial charge >= 0.3 is 5.97 Å². The predicted octanol–water partition coefficient (Wildman–Crippen LogP) is 5.25. The van der Waals surface area contributed by atoms with Gasteiger partial charge < -0.3 is 14.4 Å². The van der Waals surface area contributed by atoms with Crippen molar-refractivity contribution in [1.29, 1.82) is 0 Å². The highest BCUT2D eigenvalue weighted by Gasteiger charge is 2.38. The minimum Gasteiger partial charge on any atom is -0.496 e. The number of ether oxygens (including phenoxy) is 2. The number of methoxy groups -OCH3 is 1. The Morgan fingerprint density at radius 2 is 1.74 bits per heavy atom. The maximum absolute atomic E-state index is 14.5. The quantitative estimate of drug-likeness (QED) is 0.254. The second-order valence-electron chi connectivity index (χ2n) is 9.92. The Labute approximate surface area is 267 Å². The van der Waals surface area contributed by atoms with Gasteiger partial charge in [-0.15, -0.1) is 0 Å². The van der Waals surface area contributed by atoms with Crippen LogP contribution in [0.15, 0.2) is 96.7 Å². The third-order valence-electron chi connectivity index (χ3n) is 7.37. The Hall–Kier alpha value is -3.80. The first-order valence-electron chi connectivity index (χ1n) is 13.4. The Morgan fingerprint density at radius 1 is 1.02 bits per heavy atom. The third kappa shape index (κ3) is 5.09. The van der Waals surface area contributed by atoms with Crippen molar-refractivity contribution < 1.29 is 19.1 Å². The molecule has 0 aliphatic carbocycles. The molecule has 0 bridgehead atoms. The van der Waals surface area contributed by atoms with Gasteiger partial charge in [-0.3, -0.25) is 14.2 Å². The van der Waals surface area contributed by atoms with Gasteiger partial charge in [-0.2, -0.15) is 0 Å². The monoisotopic (exact) mass is 721 g/mol. The summed E-state index contributed by atoms with van der Waals surface area (Å²) >= 11 is 8.20. The highest BCUT2D eigenvalue weighted by atomic mass is 79.9. The molecule has 8 nitrogen and oxygen atoms in total. The summed E-state index contributed by atoms with van der Waals surface area (Å²) in [6, 6.07) is 19.8. The van der Waals surface area contributed by atoms with Gasteiger partial charge in [-0.05, 0) is 55.8 Å². The van der Waals surface area contributed by atoms with Gasteiger partial charge in [0, 0.05) is 20.1 Å². The van der Waals surface area contributed by atoms with E-state index < -0.39 is 17.6 Å². The molecule has 2 aliphatic rings. The van der Waals surface area contributed by atoms with E-state index in [1.54, 1.807) is 24.8 Å². The van der Waals surface area contributed by atoms with Crippen LogP contribution in [0.25, 0.3) is 5.57 Å². The fraction of sp³-hybridized carbons (Fsp3) is 0.188. The molecular formula is C32H25Br2N3O5S. The zero-order chi connectivity index (χ0) is 30.4. The molecule has 43 heavy (non-hydrogen) atoms. The number of halogens is 2. The molecule has 0 saturated carbocycles. The molecule has 0 N–H and O–H groups in total. The van der Waals surface area contributed by atoms with E-state index in [4.69, 9.17) is 9.47 Å². The predicted molar refractivity (Wildman–Crippen MR) is 172 cm³/mol. The number of anilines is 1. The molecule has 1 aromatic heterocycles. The van der Waals surface area contributed by atoms with Crippen LogP contribution in [-0.2, 0) is 20.9 Å². The zero-order valence-electron chi connectivity index (χ0n) is 23.4. The number of carbonyl (C=O) groups is 2. The molecule has 218 valence electrons. The van der Waals surface area contributed by atoms with Crippen molar-refractivity contribution in [1.82, 2.24) is 4.57 Å². The van der Waals surface area contributed by atoms with Crippen molar-refractivity contribution >= 4 is 66.3 Å². The van der Waals surface area contributed by atoms with Crippen molar-refractivity contribution in [2.75, 3.05) is 18.6 Å². The molecule has 0 unspecified atom stereocenters. The number of rotatable bonds is 6. The minimum atomic E-state index is -0.893. The lowest BCUT2D eigenvalue weighted by molar-refractivity contribution is -0.139. The van der Waals surface area contributed by atoms with E-state index in [1.165, 1.54) is 11.7 Å². The Morgan fingerprint density at radius 3 is 2.47 bits per heavy atom. The minimum absolute atomic E-state index is 0.157. The summed E-state index contributed by atoms with van der Waals surface area (Å²) < 4.78 is 14.3. The number of esters is 1. The van der Waals surface area contributed by atoms with Gasteiger partial charge in [0.25, 0.3) is 11.5 Å². The molecule has 0 saturated heterocycles. The second-order valence-corrected chi connectivity index (χ2v) is 12.7. The van der Waals surface area contributed by atoms with Crippen LogP contribution in [0.3, 0.4) is 0 Å². The Bertz CT molecular complexity index is 2020. The maximum Gasteiger partial charge on any atom is 0.338 e. The summed E-state index contributed by atoms with van der Waals surface area (Å²) in [6.07, 6.45) is 0. The maximum atomic E-state index is 14.5. The Balaban J connectivity index is 1.63. The number of allylic oxidation sites excluding steroid dienone is 1. The number of fused-ring (bicyclic) bond motifs is 2. The van der Waals surface area contributed by atoms with Crippen molar-refractivity contribution in [2.24, 2.45) is 4.99 Å². The smallest absolute Gasteiger partial charge is 0.338 e. The summed E-state index contributed by atoms with van der Waals surface area (Å²) in [5.41, 5.74) is 3.44. The molecular weight excluding hydrogens is 698 g/mol. The first kappa shape index (κ1) is 29.3. The van der Waals surface area contributed by atoms with Crippen LogP contribution in [0.1, 0.15) is 36.6 Å². The van der Waals surface area contributed by atoms with Gasteiger partial charge in [0.15, 0.2) is 4.80 Å². The van der Waals surface area contributed by atoms with Gasteiger partial charge in [0.05, 0.1) is 42.8 Å². The largest absolute Gasteiger partial charge is 0.496 e. The van der Waals surface area contributed by atoms with Crippen LogP contribution in [0.5, 0.6) is 5.75 Å². The molecule has 6 rings (SSSR count). The van der Waals surface area contributed by atoms with Crippen molar-refractivity contribution in [3.05, 3.63) is 123 Å². The van der Waals surface area contributed by atoms with Crippen LogP contribution in [0.4, 0.5) is 5.69 Å². The van der Waals surface area contributed by atoms with Crippen LogP contribution in [0, 0.1) is 0 Å². The molecule has 0 fully saturated rings. The van der Waals surface area contributed by atoms with E-state index in [-0.39, 0.29) is 22.6 Å². The first-order valence-corrected chi connectivity index (χ1v) is 15.8. The van der Waals surface area contributed by atoms with E-state index in [2.05, 4.69) is 36.9 Å². The average Bonchev–Trinajstić information content (AvgIpc) is 3.44. The Kier molecular flexibility index (Phi) is 7.97. The first-order chi connectivity index (χ1) is 20.7. The summed E-state index contributed by atoms with van der Waals surface area (Å²) in [4.78, 5) is 48.7. The standard InChI is InChI=1S/C32H25Br2N3O5S/c1-4-42-31(40)25-17(2)35-32-37(27(25)22-15-20(34)11-13-24(22)41-3)30(39)28(43-32)26-21-14-19(33)10-12-23(21)36(29(26)38)16-18-8-6-5-7-9-18/h5-15,27H,4,16H2,1-3H3/b28-26+/t27-/m0/s1. The molecule has 0 spiro atoms. The third-order valence-corrected chi connectivity index (χ3v) is 9.41. The molecule has 3 heterocycles. The number of amides is 1. The number of hydrogen-bond donors (Lipinski definition) is 0. The van der Waals surface area contributed by atoms with Crippen LogP contribution in [0.2, 0.25) is 0 Å². The van der Waals surface area contributed by atoms with Crippen molar-refractivity contribution in [2.45, 2.75) is 26.4 Å². The molecule has 3 aromatic carbocycles. The topological polar surface area (TPSA) is 90.2 Å². The zero-order valence-corrected chi connectivity index (χ0v) is 27.4. The normalized spacial score (nSPS) is 17.0. The highest BCUT2D eigenvalue weighted by molar-refractivity contribution is 9.10. The van der Waals surface area contributed by atoms with Crippen molar-refractivity contribution in [3.63, 3.8) is 0 Å². The number of aromatic nitrogens is 1. The van der Waals surface area contributed by atoms with Gasteiger partial charge in [-0.25, -0.2) is 9.79 Å². The molecule has 4 aromatic rings. The highest BCUT2D eigenvalue weighted by Crippen LogP contribution is 2.39. The van der Waals surface area contributed by atoms with Gasteiger partial charge in [0.1, 0.15) is 16.3 Å². The van der Waals surface area contributed by atoms with Crippen LogP contribution >= 0.6 is 43.2 Å².